The molecule has 3 aromatic rings. The molecule has 0 spiro atoms. The third kappa shape index (κ3) is 4.50. The van der Waals surface area contributed by atoms with Crippen LogP contribution in [-0.4, -0.2) is 22.6 Å². The van der Waals surface area contributed by atoms with E-state index in [0.717, 1.165) is 5.56 Å². The van der Waals surface area contributed by atoms with Crippen LogP contribution in [-0.2, 0) is 11.3 Å². The number of hydrogen-bond acceptors (Lipinski definition) is 4. The van der Waals surface area contributed by atoms with Gasteiger partial charge in [0, 0.05) is 30.1 Å². The fourth-order valence-electron chi connectivity index (χ4n) is 3.11. The zero-order chi connectivity index (χ0) is 22.0. The van der Waals surface area contributed by atoms with Gasteiger partial charge in [0.1, 0.15) is 0 Å². The molecular weight excluding hydrogens is 437 g/mol. The van der Waals surface area contributed by atoms with Gasteiger partial charge in [-0.05, 0) is 53.6 Å². The van der Waals surface area contributed by atoms with Crippen LogP contribution in [0.2, 0.25) is 10.0 Å². The van der Waals surface area contributed by atoms with Crippen molar-refractivity contribution in [3.63, 3.8) is 0 Å². The number of hydrogen-bond donors (Lipinski definition) is 2. The van der Waals surface area contributed by atoms with Crippen LogP contribution in [0, 0.1) is 0 Å². The molecule has 0 saturated heterocycles. The van der Waals surface area contributed by atoms with Crippen LogP contribution in [0.5, 0.6) is 0 Å². The zero-order valence-electron chi connectivity index (χ0n) is 16.0. The number of nitrogens with zero attached hydrogens (tertiary/aromatic N) is 1. The second-order valence-electron chi connectivity index (χ2n) is 6.82. The first-order chi connectivity index (χ1) is 14.9. The highest BCUT2D eigenvalue weighted by Gasteiger charge is 2.29. The van der Waals surface area contributed by atoms with Crippen molar-refractivity contribution < 1.29 is 14.4 Å². The number of benzene rings is 2. The van der Waals surface area contributed by atoms with Gasteiger partial charge in [0.2, 0.25) is 5.78 Å². The van der Waals surface area contributed by atoms with Gasteiger partial charge < -0.3 is 10.6 Å². The molecule has 0 bridgehead atoms. The number of aromatic nitrogens is 1. The maximum atomic E-state index is 13.0. The van der Waals surface area contributed by atoms with Crippen molar-refractivity contribution in [2.75, 3.05) is 5.32 Å². The van der Waals surface area contributed by atoms with E-state index in [-0.39, 0.29) is 17.0 Å². The number of pyridine rings is 1. The highest BCUT2D eigenvalue weighted by molar-refractivity contribution is 6.42. The second-order valence-corrected chi connectivity index (χ2v) is 7.63. The van der Waals surface area contributed by atoms with E-state index in [1.165, 1.54) is 12.1 Å². The first-order valence-electron chi connectivity index (χ1n) is 9.26. The quantitative estimate of drug-likeness (QED) is 0.450. The average molecular weight is 452 g/mol. The number of Topliss-reactive ketones (excluding diaryl/α,β-unsaturated/α-hetero) is 1. The molecule has 2 amide bonds. The Morgan fingerprint density at radius 2 is 1.90 bits per heavy atom. The molecule has 2 heterocycles. The average Bonchev–Trinajstić information content (AvgIpc) is 2.78. The maximum Gasteiger partial charge on any atom is 0.259 e. The Morgan fingerprint density at radius 3 is 2.65 bits per heavy atom. The minimum absolute atomic E-state index is 0.0567. The summed E-state index contributed by atoms with van der Waals surface area (Å²) >= 11 is 11.9. The van der Waals surface area contributed by atoms with Crippen molar-refractivity contribution >= 4 is 52.6 Å². The lowest BCUT2D eigenvalue weighted by Gasteiger charge is -2.19. The van der Waals surface area contributed by atoms with E-state index in [2.05, 4.69) is 15.6 Å². The molecule has 6 nitrogen and oxygen atoms in total. The van der Waals surface area contributed by atoms with E-state index in [9.17, 15) is 14.4 Å². The molecule has 2 aromatic carbocycles. The van der Waals surface area contributed by atoms with Gasteiger partial charge in [0.15, 0.2) is 0 Å². The Balaban J connectivity index is 1.59. The summed E-state index contributed by atoms with van der Waals surface area (Å²) in [4.78, 5) is 42.0. The third-order valence-corrected chi connectivity index (χ3v) is 5.43. The molecule has 1 aromatic heterocycles. The third-order valence-electron chi connectivity index (χ3n) is 4.69. The second kappa shape index (κ2) is 8.71. The van der Waals surface area contributed by atoms with Gasteiger partial charge in [-0.2, -0.15) is 0 Å². The molecular formula is C23H15Cl2N3O3. The summed E-state index contributed by atoms with van der Waals surface area (Å²) in [6.07, 6.45) is 4.75. The number of amides is 2. The lowest BCUT2D eigenvalue weighted by atomic mass is 9.93. The van der Waals surface area contributed by atoms with Crippen molar-refractivity contribution in [3.05, 3.63) is 98.8 Å². The molecule has 154 valence electrons. The monoisotopic (exact) mass is 451 g/mol. The fraction of sp³-hybridized carbons (Fsp3) is 0.0435. The first-order valence-corrected chi connectivity index (χ1v) is 10.0. The largest absolute Gasteiger partial charge is 0.348 e. The topological polar surface area (TPSA) is 88.2 Å². The number of fused-ring (bicyclic) bond motifs is 1. The van der Waals surface area contributed by atoms with Gasteiger partial charge in [0.25, 0.3) is 11.8 Å². The van der Waals surface area contributed by atoms with E-state index in [1.54, 1.807) is 48.8 Å². The van der Waals surface area contributed by atoms with Gasteiger partial charge >= 0.3 is 0 Å². The summed E-state index contributed by atoms with van der Waals surface area (Å²) in [6, 6.07) is 13.0. The van der Waals surface area contributed by atoms with Crippen LogP contribution in [0.15, 0.2) is 66.5 Å². The summed E-state index contributed by atoms with van der Waals surface area (Å²) < 4.78 is 0. The molecule has 0 unspecified atom stereocenters. The van der Waals surface area contributed by atoms with Crippen molar-refractivity contribution in [3.8, 4) is 0 Å². The smallest absolute Gasteiger partial charge is 0.259 e. The van der Waals surface area contributed by atoms with E-state index in [1.807, 2.05) is 6.07 Å². The van der Waals surface area contributed by atoms with Crippen LogP contribution in [0.3, 0.4) is 0 Å². The summed E-state index contributed by atoms with van der Waals surface area (Å²) in [7, 11) is 0. The van der Waals surface area contributed by atoms with Gasteiger partial charge in [-0.15, -0.1) is 0 Å². The number of carbonyl (C=O) groups excluding carboxylic acids is 3. The minimum atomic E-state index is -0.530. The van der Waals surface area contributed by atoms with Crippen LogP contribution in [0.4, 0.5) is 5.69 Å². The number of carbonyl (C=O) groups is 3. The Labute approximate surface area is 187 Å². The summed E-state index contributed by atoms with van der Waals surface area (Å²) in [5, 5.41) is 6.16. The molecule has 4 rings (SSSR count). The van der Waals surface area contributed by atoms with Crippen molar-refractivity contribution in [2.45, 2.75) is 6.54 Å². The lowest BCUT2D eigenvalue weighted by Crippen LogP contribution is -2.28. The Bertz CT molecular complexity index is 1240. The number of halogens is 2. The molecule has 31 heavy (non-hydrogen) atoms. The molecule has 0 radical (unpaired) electrons. The first kappa shape index (κ1) is 20.8. The van der Waals surface area contributed by atoms with E-state index >= 15 is 0 Å². The van der Waals surface area contributed by atoms with E-state index < -0.39 is 11.7 Å². The number of nitrogens with one attached hydrogen (secondary N) is 2. The molecule has 1 aliphatic heterocycles. The number of rotatable bonds is 4. The van der Waals surface area contributed by atoms with Crippen molar-refractivity contribution in [1.82, 2.24) is 10.3 Å². The SMILES string of the molecule is O=C1Nc2ccc(C(=O)NCc3cccnc3)cc2C(=O)/C1=C/c1ccc(Cl)c(Cl)c1. The standard InChI is InChI=1S/C23H15Cl2N3O3/c24-18-5-3-13(9-19(18)25)8-17-21(29)16-10-15(4-6-20(16)28-23(17)31)22(30)27-12-14-2-1-7-26-11-14/h1-11H,12H2,(H,27,30)(H,28,31)/b17-8-. The van der Waals surface area contributed by atoms with Gasteiger partial charge in [-0.25, -0.2) is 0 Å². The molecule has 1 aliphatic rings. The van der Waals surface area contributed by atoms with Crippen molar-refractivity contribution in [2.24, 2.45) is 0 Å². The van der Waals surface area contributed by atoms with Crippen molar-refractivity contribution in [1.29, 1.82) is 0 Å². The van der Waals surface area contributed by atoms with Crippen LogP contribution >= 0.6 is 23.2 Å². The Hall–Kier alpha value is -3.48. The Kier molecular flexibility index (Phi) is 5.84. The summed E-state index contributed by atoms with van der Waals surface area (Å²) in [6.45, 7) is 0.302. The summed E-state index contributed by atoms with van der Waals surface area (Å²) in [5.41, 5.74) is 2.25. The van der Waals surface area contributed by atoms with Gasteiger partial charge in [-0.3, -0.25) is 19.4 Å². The van der Waals surface area contributed by atoms with Crippen LogP contribution in [0.1, 0.15) is 31.8 Å². The van der Waals surface area contributed by atoms with Gasteiger partial charge in [0.05, 0.1) is 21.3 Å². The Morgan fingerprint density at radius 1 is 1.06 bits per heavy atom. The molecule has 2 N–H and O–H groups in total. The van der Waals surface area contributed by atoms with E-state index in [4.69, 9.17) is 23.2 Å². The van der Waals surface area contributed by atoms with E-state index in [0.29, 0.717) is 33.4 Å². The van der Waals surface area contributed by atoms with Gasteiger partial charge in [-0.1, -0.05) is 35.3 Å². The normalized spacial score (nSPS) is 14.2. The predicted molar refractivity (Wildman–Crippen MR) is 119 cm³/mol. The highest BCUT2D eigenvalue weighted by Crippen LogP contribution is 2.29. The predicted octanol–water partition coefficient (Wildman–Crippen LogP) is 4.54. The van der Waals surface area contributed by atoms with Crippen LogP contribution in [0.25, 0.3) is 6.08 Å². The fourth-order valence-corrected chi connectivity index (χ4v) is 3.41. The molecule has 8 heteroatoms. The number of ketones is 1. The lowest BCUT2D eigenvalue weighted by molar-refractivity contribution is -0.112. The maximum absolute atomic E-state index is 13.0. The molecule has 0 aliphatic carbocycles. The minimum Gasteiger partial charge on any atom is -0.348 e. The summed E-state index contributed by atoms with van der Waals surface area (Å²) in [5.74, 6) is -1.35. The molecule has 0 fully saturated rings. The molecule has 0 atom stereocenters. The highest BCUT2D eigenvalue weighted by atomic mass is 35.5. The van der Waals surface area contributed by atoms with Crippen LogP contribution < -0.4 is 10.6 Å². The zero-order valence-corrected chi connectivity index (χ0v) is 17.5. The molecule has 0 saturated carbocycles. The number of anilines is 1.